The van der Waals surface area contributed by atoms with Gasteiger partial charge in [0.1, 0.15) is 10.7 Å². The molecule has 2 atom stereocenters. The third kappa shape index (κ3) is 5.63. The van der Waals surface area contributed by atoms with E-state index in [2.05, 4.69) is 30.4 Å². The van der Waals surface area contributed by atoms with Crippen molar-refractivity contribution in [2.45, 2.75) is 76.5 Å². The van der Waals surface area contributed by atoms with Crippen LogP contribution in [-0.4, -0.2) is 74.5 Å². The summed E-state index contributed by atoms with van der Waals surface area (Å²) in [5.74, 6) is -2.78. The van der Waals surface area contributed by atoms with Crippen molar-refractivity contribution in [2.24, 2.45) is 5.41 Å². The van der Waals surface area contributed by atoms with Gasteiger partial charge in [0.25, 0.3) is 0 Å². The van der Waals surface area contributed by atoms with Crippen LogP contribution < -0.4 is 10.2 Å². The van der Waals surface area contributed by atoms with E-state index in [0.29, 0.717) is 46.0 Å². The Labute approximate surface area is 276 Å². The molecule has 0 aromatic carbocycles. The fourth-order valence-corrected chi connectivity index (χ4v) is 8.52. The number of carbonyl (C=O) groups is 1. The number of nitrogens with zero attached hydrogens (tertiary/aromatic N) is 7. The quantitative estimate of drug-likeness (QED) is 0.272. The Bertz CT molecular complexity index is 2010. The lowest BCUT2D eigenvalue weighted by Crippen LogP contribution is -2.45. The highest BCUT2D eigenvalue weighted by molar-refractivity contribution is 7.89. The molecule has 0 spiro atoms. The number of aliphatic carboxylic acids is 1. The van der Waals surface area contributed by atoms with Crippen molar-refractivity contribution in [1.29, 1.82) is 0 Å². The monoisotopic (exact) mass is 686 g/mol. The van der Waals surface area contributed by atoms with Crippen LogP contribution in [0.3, 0.4) is 0 Å². The molecular formula is C32H37F3N8O4S. The number of piperidine rings is 1. The Balaban J connectivity index is 1.46. The molecule has 0 unspecified atom stereocenters. The van der Waals surface area contributed by atoms with Gasteiger partial charge in [0, 0.05) is 56.7 Å². The van der Waals surface area contributed by atoms with Gasteiger partial charge in [-0.05, 0) is 81.3 Å². The van der Waals surface area contributed by atoms with Gasteiger partial charge in [0.2, 0.25) is 15.8 Å². The van der Waals surface area contributed by atoms with Crippen LogP contribution in [0.2, 0.25) is 0 Å². The number of aryl methyl sites for hydroxylation is 2. The first-order valence-corrected chi connectivity index (χ1v) is 17.0. The van der Waals surface area contributed by atoms with Gasteiger partial charge in [-0.25, -0.2) is 13.4 Å². The third-order valence-corrected chi connectivity index (χ3v) is 11.5. The number of hydrogen-bond donors (Lipinski definition) is 2. The zero-order chi connectivity index (χ0) is 34.8. The zero-order valence-electron chi connectivity index (χ0n) is 27.2. The lowest BCUT2D eigenvalue weighted by Gasteiger charge is -2.36. The van der Waals surface area contributed by atoms with E-state index in [-0.39, 0.29) is 29.7 Å². The van der Waals surface area contributed by atoms with Crippen LogP contribution in [-0.2, 0) is 27.5 Å². The van der Waals surface area contributed by atoms with E-state index in [4.69, 9.17) is 0 Å². The molecule has 2 aliphatic heterocycles. The van der Waals surface area contributed by atoms with Gasteiger partial charge in [-0.1, -0.05) is 6.07 Å². The summed E-state index contributed by atoms with van der Waals surface area (Å²) in [6.07, 6.45) is 2.31. The Hall–Kier alpha value is -4.31. The van der Waals surface area contributed by atoms with Gasteiger partial charge >= 0.3 is 12.1 Å². The molecule has 1 fully saturated rings. The van der Waals surface area contributed by atoms with Crippen molar-refractivity contribution >= 4 is 33.1 Å². The molecule has 16 heteroatoms. The van der Waals surface area contributed by atoms with Crippen LogP contribution in [0.5, 0.6) is 0 Å². The van der Waals surface area contributed by atoms with E-state index in [1.54, 1.807) is 45.4 Å². The second kappa shape index (κ2) is 12.0. The Morgan fingerprint density at radius 1 is 1.12 bits per heavy atom. The number of sulfonamides is 1. The molecule has 256 valence electrons. The first-order chi connectivity index (χ1) is 22.5. The van der Waals surface area contributed by atoms with Crippen LogP contribution >= 0.6 is 0 Å². The van der Waals surface area contributed by atoms with Crippen LogP contribution in [0.4, 0.5) is 24.7 Å². The van der Waals surface area contributed by atoms with Crippen molar-refractivity contribution in [3.8, 4) is 0 Å². The van der Waals surface area contributed by atoms with Gasteiger partial charge < -0.3 is 15.3 Å². The number of aromatic nitrogens is 5. The van der Waals surface area contributed by atoms with Crippen LogP contribution in [0.1, 0.15) is 72.8 Å². The number of anilines is 2. The normalized spacial score (nSPS) is 19.0. The Morgan fingerprint density at radius 3 is 2.56 bits per heavy atom. The fourth-order valence-electron chi connectivity index (χ4n) is 6.89. The smallest absolute Gasteiger partial charge is 0.452 e. The minimum atomic E-state index is -4.74. The average molecular weight is 687 g/mol. The van der Waals surface area contributed by atoms with E-state index in [1.807, 2.05) is 0 Å². The molecule has 12 nitrogen and oxygen atoms in total. The number of halogens is 3. The summed E-state index contributed by atoms with van der Waals surface area (Å²) in [5, 5.41) is 20.5. The minimum Gasteiger partial charge on any atom is -0.481 e. The molecule has 2 aliphatic rings. The van der Waals surface area contributed by atoms with Gasteiger partial charge in [-0.15, -0.1) is 10.2 Å². The van der Waals surface area contributed by atoms with Crippen molar-refractivity contribution in [2.75, 3.05) is 30.4 Å². The van der Waals surface area contributed by atoms with Gasteiger partial charge in [-0.3, -0.25) is 14.2 Å². The SMILES string of the molecule is CNc1cnc2c(c1)S(=O)(=O)N(Cc1cc([C@@H](c3ccn4c(C(F)(F)F)nnc4c3C)C(C)(C)C(=O)O)cnc1C)C[C@@H]1CCCCN21. The first kappa shape index (κ1) is 33.6. The fraction of sp³-hybridized carbons (Fsp3) is 0.469. The molecule has 2 N–H and O–H groups in total. The molecule has 1 saturated heterocycles. The van der Waals surface area contributed by atoms with E-state index < -0.39 is 39.3 Å². The number of pyridine rings is 3. The van der Waals surface area contributed by atoms with Crippen LogP contribution in [0.25, 0.3) is 5.65 Å². The lowest BCUT2D eigenvalue weighted by molar-refractivity contribution is -0.147. The highest BCUT2D eigenvalue weighted by Crippen LogP contribution is 2.44. The van der Waals surface area contributed by atoms with Crippen LogP contribution in [0.15, 0.2) is 41.7 Å². The molecule has 6 heterocycles. The average Bonchev–Trinajstić information content (AvgIpc) is 3.46. The van der Waals surface area contributed by atoms with E-state index in [1.165, 1.54) is 30.4 Å². The van der Waals surface area contributed by atoms with Crippen molar-refractivity contribution in [3.05, 3.63) is 70.6 Å². The molecule has 0 amide bonds. The second-order valence-corrected chi connectivity index (χ2v) is 14.9. The molecule has 0 bridgehead atoms. The first-order valence-electron chi connectivity index (χ1n) is 15.6. The number of carboxylic acid groups (broad SMARTS) is 1. The molecule has 4 aromatic rings. The minimum absolute atomic E-state index is 0.0279. The number of carboxylic acids is 1. The number of nitrogens with one attached hydrogen (secondary N) is 1. The molecule has 4 aromatic heterocycles. The summed E-state index contributed by atoms with van der Waals surface area (Å²) in [4.78, 5) is 24.1. The predicted octanol–water partition coefficient (Wildman–Crippen LogP) is 5.00. The number of fused-ring (bicyclic) bond motifs is 4. The summed E-state index contributed by atoms with van der Waals surface area (Å²) in [6, 6.07) is 4.73. The molecular weight excluding hydrogens is 649 g/mol. The Kier molecular flexibility index (Phi) is 8.38. The summed E-state index contributed by atoms with van der Waals surface area (Å²) < 4.78 is 71.7. The van der Waals surface area contributed by atoms with E-state index in [9.17, 15) is 31.5 Å². The Morgan fingerprint density at radius 2 is 1.88 bits per heavy atom. The third-order valence-electron chi connectivity index (χ3n) is 9.65. The predicted molar refractivity (Wildman–Crippen MR) is 171 cm³/mol. The van der Waals surface area contributed by atoms with Gasteiger partial charge in [0.05, 0.1) is 17.3 Å². The highest BCUT2D eigenvalue weighted by Gasteiger charge is 2.43. The van der Waals surface area contributed by atoms with Gasteiger partial charge in [-0.2, -0.15) is 17.5 Å². The molecule has 6 rings (SSSR count). The molecule has 0 saturated carbocycles. The maximum atomic E-state index is 14.3. The standard InChI is InChI=1S/C32H37F3N8O4S/c1-18-24(9-11-43-27(18)39-40-29(43)32(33,34)35)26(31(3,4)30(44)45)20-12-21(19(2)37-14-20)16-41-17-23-8-6-7-10-42(23)28-25(48(41,46)47)13-22(36-5)15-38-28/h9,11-15,23,26,36H,6-8,10,16-17H2,1-5H3,(H,44,45)/t23-,26-/m0/s1. The molecule has 48 heavy (non-hydrogen) atoms. The van der Waals surface area contributed by atoms with E-state index >= 15 is 0 Å². The summed E-state index contributed by atoms with van der Waals surface area (Å²) >= 11 is 0. The zero-order valence-corrected chi connectivity index (χ0v) is 28.0. The summed E-state index contributed by atoms with van der Waals surface area (Å²) in [7, 11) is -2.34. The number of alkyl halides is 3. The van der Waals surface area contributed by atoms with Crippen molar-refractivity contribution in [1.82, 2.24) is 28.9 Å². The van der Waals surface area contributed by atoms with Crippen LogP contribution in [0, 0.1) is 19.3 Å². The van der Waals surface area contributed by atoms with Crippen molar-refractivity contribution < 1.29 is 31.5 Å². The molecule has 0 aliphatic carbocycles. The molecule has 0 radical (unpaired) electrons. The second-order valence-electron chi connectivity index (χ2n) is 13.0. The largest absolute Gasteiger partial charge is 0.481 e. The van der Waals surface area contributed by atoms with Gasteiger partial charge in [0.15, 0.2) is 5.65 Å². The summed E-state index contributed by atoms with van der Waals surface area (Å²) in [5.41, 5.74) is 1.43. The maximum absolute atomic E-state index is 14.3. The number of rotatable bonds is 7. The van der Waals surface area contributed by atoms with Crippen molar-refractivity contribution in [3.63, 3.8) is 0 Å². The summed E-state index contributed by atoms with van der Waals surface area (Å²) in [6.45, 7) is 7.30. The number of hydrogen-bond acceptors (Lipinski definition) is 9. The highest BCUT2D eigenvalue weighted by atomic mass is 32.2. The van der Waals surface area contributed by atoms with E-state index in [0.717, 1.165) is 23.7 Å². The lowest BCUT2D eigenvalue weighted by atomic mass is 9.70. The maximum Gasteiger partial charge on any atom is 0.452 e. The topological polar surface area (TPSA) is 146 Å².